The molecule has 0 fully saturated rings. The number of hydrogen-bond acceptors (Lipinski definition) is 4. The van der Waals surface area contributed by atoms with Gasteiger partial charge in [0.25, 0.3) is 0 Å². The van der Waals surface area contributed by atoms with Gasteiger partial charge in [-0.05, 0) is 53.1 Å². The first-order valence-electron chi connectivity index (χ1n) is 6.87. The Kier molecular flexibility index (Phi) is 4.45. The van der Waals surface area contributed by atoms with Crippen molar-refractivity contribution < 1.29 is 0 Å². The molecule has 4 nitrogen and oxygen atoms in total. The van der Waals surface area contributed by atoms with Gasteiger partial charge in [0, 0.05) is 10.8 Å². The fourth-order valence-corrected chi connectivity index (χ4v) is 3.36. The molecule has 0 saturated carbocycles. The van der Waals surface area contributed by atoms with Crippen molar-refractivity contribution in [3.05, 3.63) is 64.2 Å². The third kappa shape index (κ3) is 3.15. The van der Waals surface area contributed by atoms with E-state index in [0.29, 0.717) is 0 Å². The van der Waals surface area contributed by atoms with Crippen LogP contribution in [0.15, 0.2) is 47.6 Å². The number of aryl methyl sites for hydroxylation is 2. The number of tetrazole rings is 1. The van der Waals surface area contributed by atoms with E-state index in [-0.39, 0.29) is 0 Å². The summed E-state index contributed by atoms with van der Waals surface area (Å²) in [7, 11) is 0. The molecule has 3 aromatic rings. The van der Waals surface area contributed by atoms with Gasteiger partial charge in [-0.1, -0.05) is 53.7 Å². The molecule has 0 atom stereocenters. The van der Waals surface area contributed by atoms with Gasteiger partial charge in [0.2, 0.25) is 5.16 Å². The number of nitrogens with zero attached hydrogens (tertiary/aromatic N) is 4. The molecule has 112 valence electrons. The molecule has 0 aliphatic carbocycles. The zero-order valence-corrected chi connectivity index (χ0v) is 13.9. The summed E-state index contributed by atoms with van der Waals surface area (Å²) in [4.78, 5) is 0. The van der Waals surface area contributed by atoms with E-state index in [9.17, 15) is 0 Å². The van der Waals surface area contributed by atoms with Crippen molar-refractivity contribution in [2.24, 2.45) is 0 Å². The molecule has 0 aliphatic heterocycles. The second-order valence-electron chi connectivity index (χ2n) is 5.03. The number of thioether (sulfide) groups is 1. The van der Waals surface area contributed by atoms with Gasteiger partial charge in [0.1, 0.15) is 0 Å². The Hall–Kier alpha value is -1.85. The van der Waals surface area contributed by atoms with Crippen molar-refractivity contribution >= 4 is 23.4 Å². The molecule has 0 spiro atoms. The van der Waals surface area contributed by atoms with Gasteiger partial charge in [-0.2, -0.15) is 4.68 Å². The second kappa shape index (κ2) is 6.50. The zero-order valence-electron chi connectivity index (χ0n) is 12.3. The minimum atomic E-state index is 0.743. The third-order valence-electron chi connectivity index (χ3n) is 3.35. The van der Waals surface area contributed by atoms with Gasteiger partial charge in [0.05, 0.1) is 5.69 Å². The monoisotopic (exact) mass is 330 g/mol. The predicted molar refractivity (Wildman–Crippen MR) is 89.6 cm³/mol. The van der Waals surface area contributed by atoms with E-state index in [2.05, 4.69) is 41.5 Å². The molecule has 0 radical (unpaired) electrons. The van der Waals surface area contributed by atoms with Gasteiger partial charge in [-0.15, -0.1) is 5.10 Å². The summed E-state index contributed by atoms with van der Waals surface area (Å²) in [6.07, 6.45) is 0. The zero-order chi connectivity index (χ0) is 15.5. The van der Waals surface area contributed by atoms with Crippen LogP contribution in [0.4, 0.5) is 0 Å². The van der Waals surface area contributed by atoms with Crippen LogP contribution in [0.1, 0.15) is 16.7 Å². The average molecular weight is 331 g/mol. The van der Waals surface area contributed by atoms with E-state index in [4.69, 9.17) is 11.6 Å². The summed E-state index contributed by atoms with van der Waals surface area (Å²) < 4.78 is 1.81. The van der Waals surface area contributed by atoms with Crippen LogP contribution in [0.3, 0.4) is 0 Å². The van der Waals surface area contributed by atoms with Gasteiger partial charge >= 0.3 is 0 Å². The highest BCUT2D eigenvalue weighted by Crippen LogP contribution is 2.26. The molecule has 6 heteroatoms. The number of benzene rings is 2. The molecule has 3 rings (SSSR count). The lowest BCUT2D eigenvalue weighted by atomic mass is 10.1. The van der Waals surface area contributed by atoms with E-state index in [1.54, 1.807) is 16.4 Å². The van der Waals surface area contributed by atoms with Crippen LogP contribution in [0.5, 0.6) is 0 Å². The van der Waals surface area contributed by atoms with Crippen molar-refractivity contribution in [3.8, 4) is 5.69 Å². The maximum absolute atomic E-state index is 6.02. The van der Waals surface area contributed by atoms with E-state index >= 15 is 0 Å². The van der Waals surface area contributed by atoms with Crippen LogP contribution in [-0.2, 0) is 5.75 Å². The Bertz CT molecular complexity index is 780. The van der Waals surface area contributed by atoms with E-state index < -0.39 is 0 Å². The molecule has 22 heavy (non-hydrogen) atoms. The molecule has 0 saturated heterocycles. The molecule has 1 aromatic heterocycles. The highest BCUT2D eigenvalue weighted by atomic mass is 35.5. The standard InChI is InChI=1S/C16H15ClN4S/c1-11-5-3-6-12(2)15(11)21-16(18-19-20-21)22-10-13-7-4-8-14(17)9-13/h3-9H,10H2,1-2H3. The molecule has 0 N–H and O–H groups in total. The van der Waals surface area contributed by atoms with Gasteiger partial charge in [-0.25, -0.2) is 0 Å². The normalized spacial score (nSPS) is 10.9. The van der Waals surface area contributed by atoms with Crippen molar-refractivity contribution in [1.29, 1.82) is 0 Å². The average Bonchev–Trinajstić information content (AvgIpc) is 2.93. The largest absolute Gasteiger partial charge is 0.214 e. The first-order chi connectivity index (χ1) is 10.6. The number of hydrogen-bond donors (Lipinski definition) is 0. The van der Waals surface area contributed by atoms with Gasteiger partial charge in [-0.3, -0.25) is 0 Å². The lowest BCUT2D eigenvalue weighted by Crippen LogP contribution is -2.04. The van der Waals surface area contributed by atoms with E-state index in [1.807, 2.05) is 30.3 Å². The van der Waals surface area contributed by atoms with Crippen LogP contribution in [-0.4, -0.2) is 20.2 Å². The van der Waals surface area contributed by atoms with Crippen molar-refractivity contribution in [1.82, 2.24) is 20.2 Å². The molecular formula is C16H15ClN4S. The van der Waals surface area contributed by atoms with E-state index in [1.165, 1.54) is 0 Å². The van der Waals surface area contributed by atoms with Crippen LogP contribution in [0.25, 0.3) is 5.69 Å². The molecule has 0 unspecified atom stereocenters. The first kappa shape index (κ1) is 15.1. The minimum absolute atomic E-state index is 0.743. The van der Waals surface area contributed by atoms with Gasteiger partial charge < -0.3 is 0 Å². The summed E-state index contributed by atoms with van der Waals surface area (Å²) in [5.41, 5.74) is 4.49. The Morgan fingerprint density at radius 2 is 1.82 bits per heavy atom. The SMILES string of the molecule is Cc1cccc(C)c1-n1nnnc1SCc1cccc(Cl)c1. The Morgan fingerprint density at radius 1 is 1.09 bits per heavy atom. The third-order valence-corrected chi connectivity index (χ3v) is 4.57. The quantitative estimate of drug-likeness (QED) is 0.672. The Balaban J connectivity index is 1.87. The topological polar surface area (TPSA) is 43.6 Å². The highest BCUT2D eigenvalue weighted by Gasteiger charge is 2.13. The highest BCUT2D eigenvalue weighted by molar-refractivity contribution is 7.98. The Morgan fingerprint density at radius 3 is 2.55 bits per heavy atom. The maximum atomic E-state index is 6.02. The number of rotatable bonds is 4. The minimum Gasteiger partial charge on any atom is -0.187 e. The summed E-state index contributed by atoms with van der Waals surface area (Å²) >= 11 is 7.62. The van der Waals surface area contributed by atoms with Crippen molar-refractivity contribution in [3.63, 3.8) is 0 Å². The fraction of sp³-hybridized carbons (Fsp3) is 0.188. The van der Waals surface area contributed by atoms with Gasteiger partial charge in [0.15, 0.2) is 0 Å². The number of aromatic nitrogens is 4. The fourth-order valence-electron chi connectivity index (χ4n) is 2.32. The summed E-state index contributed by atoms with van der Waals surface area (Å²) in [5, 5.41) is 13.6. The lowest BCUT2D eigenvalue weighted by Gasteiger charge is -2.10. The molecule has 0 bridgehead atoms. The van der Waals surface area contributed by atoms with Crippen LogP contribution < -0.4 is 0 Å². The molecular weight excluding hydrogens is 316 g/mol. The van der Waals surface area contributed by atoms with E-state index in [0.717, 1.165) is 38.3 Å². The summed E-state index contributed by atoms with van der Waals surface area (Å²) in [6.45, 7) is 4.13. The maximum Gasteiger partial charge on any atom is 0.214 e. The summed E-state index contributed by atoms with van der Waals surface area (Å²) in [6, 6.07) is 14.0. The predicted octanol–water partition coefficient (Wildman–Crippen LogP) is 4.22. The summed E-state index contributed by atoms with van der Waals surface area (Å²) in [5.74, 6) is 0.770. The van der Waals surface area contributed by atoms with Crippen LogP contribution in [0, 0.1) is 13.8 Å². The molecule has 0 aliphatic rings. The smallest absolute Gasteiger partial charge is 0.187 e. The number of para-hydroxylation sites is 1. The first-order valence-corrected chi connectivity index (χ1v) is 8.24. The lowest BCUT2D eigenvalue weighted by molar-refractivity contribution is 0.747. The van der Waals surface area contributed by atoms with Crippen LogP contribution >= 0.6 is 23.4 Å². The molecule has 1 heterocycles. The van der Waals surface area contributed by atoms with Crippen LogP contribution in [0.2, 0.25) is 5.02 Å². The van der Waals surface area contributed by atoms with Crippen molar-refractivity contribution in [2.45, 2.75) is 24.8 Å². The number of halogens is 1. The van der Waals surface area contributed by atoms with Crippen molar-refractivity contribution in [2.75, 3.05) is 0 Å². The molecule has 2 aromatic carbocycles. The second-order valence-corrected chi connectivity index (χ2v) is 6.41. The molecule has 0 amide bonds. The Labute approximate surface area is 138 Å².